The monoisotopic (exact) mass is 250 g/mol. The summed E-state index contributed by atoms with van der Waals surface area (Å²) in [7, 11) is -1.95. The molecule has 3 nitrogen and oxygen atoms in total. The van der Waals surface area contributed by atoms with E-state index < -0.39 is 9.84 Å². The topological polar surface area (TPSA) is 43.4 Å². The highest BCUT2D eigenvalue weighted by Crippen LogP contribution is 2.28. The first-order valence-corrected chi connectivity index (χ1v) is 6.88. The zero-order valence-corrected chi connectivity index (χ0v) is 10.4. The molecule has 0 aromatic heterocycles. The molecule has 90 valence electrons. The second kappa shape index (κ2) is 4.75. The fourth-order valence-electron chi connectivity index (χ4n) is 1.79. The molecule has 0 radical (unpaired) electrons. The average molecular weight is 250 g/mol. The number of benzene rings is 1. The Morgan fingerprint density at radius 1 is 1.18 bits per heavy atom. The van der Waals surface area contributed by atoms with Gasteiger partial charge in [-0.15, -0.1) is 0 Å². The molecular formula is C13H14O3S. The summed E-state index contributed by atoms with van der Waals surface area (Å²) in [6.07, 6.45) is 4.94. The maximum absolute atomic E-state index is 12.4. The maximum Gasteiger partial charge on any atom is 0.209 e. The minimum Gasteiger partial charge on any atom is -0.500 e. The molecule has 0 saturated heterocycles. The molecule has 0 aliphatic heterocycles. The SMILES string of the molecule is COC1=C(S(=O)(=O)c2ccccc2)C=CCC1. The van der Waals surface area contributed by atoms with Crippen LogP contribution in [0.5, 0.6) is 0 Å². The van der Waals surface area contributed by atoms with Crippen LogP contribution in [0.15, 0.2) is 58.0 Å². The number of sulfone groups is 1. The van der Waals surface area contributed by atoms with Crippen LogP contribution >= 0.6 is 0 Å². The highest BCUT2D eigenvalue weighted by Gasteiger charge is 2.24. The third-order valence-corrected chi connectivity index (χ3v) is 4.51. The summed E-state index contributed by atoms with van der Waals surface area (Å²) in [6, 6.07) is 8.41. The quantitative estimate of drug-likeness (QED) is 0.828. The van der Waals surface area contributed by atoms with E-state index in [2.05, 4.69) is 0 Å². The van der Waals surface area contributed by atoms with Crippen LogP contribution in [0.25, 0.3) is 0 Å². The van der Waals surface area contributed by atoms with E-state index in [1.165, 1.54) is 7.11 Å². The first-order chi connectivity index (χ1) is 8.16. The summed E-state index contributed by atoms with van der Waals surface area (Å²) in [5.74, 6) is 0.538. The molecule has 0 atom stereocenters. The van der Waals surface area contributed by atoms with Crippen LogP contribution in [-0.4, -0.2) is 15.5 Å². The lowest BCUT2D eigenvalue weighted by Crippen LogP contribution is -2.09. The summed E-state index contributed by atoms with van der Waals surface area (Å²) in [4.78, 5) is 0.577. The summed E-state index contributed by atoms with van der Waals surface area (Å²) < 4.78 is 29.9. The van der Waals surface area contributed by atoms with E-state index in [4.69, 9.17) is 4.74 Å². The number of allylic oxidation sites excluding steroid dienone is 3. The van der Waals surface area contributed by atoms with E-state index in [0.717, 1.165) is 6.42 Å². The van der Waals surface area contributed by atoms with Gasteiger partial charge in [-0.1, -0.05) is 24.3 Å². The van der Waals surface area contributed by atoms with Gasteiger partial charge in [0.05, 0.1) is 12.0 Å². The van der Waals surface area contributed by atoms with E-state index in [-0.39, 0.29) is 4.91 Å². The second-order valence-electron chi connectivity index (χ2n) is 3.75. The van der Waals surface area contributed by atoms with E-state index in [1.807, 2.05) is 6.08 Å². The second-order valence-corrected chi connectivity index (χ2v) is 5.67. The Kier molecular flexibility index (Phi) is 3.33. The van der Waals surface area contributed by atoms with Crippen molar-refractivity contribution in [3.05, 3.63) is 53.1 Å². The maximum atomic E-state index is 12.4. The van der Waals surface area contributed by atoms with Crippen molar-refractivity contribution in [1.29, 1.82) is 0 Å². The van der Waals surface area contributed by atoms with E-state index >= 15 is 0 Å². The summed E-state index contributed by atoms with van der Waals surface area (Å²) in [5.41, 5.74) is 0. The van der Waals surface area contributed by atoms with Crippen molar-refractivity contribution in [1.82, 2.24) is 0 Å². The van der Waals surface area contributed by atoms with Gasteiger partial charge in [0.2, 0.25) is 9.84 Å². The van der Waals surface area contributed by atoms with Gasteiger partial charge in [0.1, 0.15) is 10.7 Å². The standard InChI is InChI=1S/C13H14O3S/c1-16-12-9-5-6-10-13(12)17(14,15)11-7-3-2-4-8-11/h2-4,6-8,10H,5,9H2,1H3. The lowest BCUT2D eigenvalue weighted by molar-refractivity contribution is 0.275. The number of rotatable bonds is 3. The molecule has 17 heavy (non-hydrogen) atoms. The van der Waals surface area contributed by atoms with Crippen LogP contribution in [0.4, 0.5) is 0 Å². The van der Waals surface area contributed by atoms with Crippen LogP contribution in [0.1, 0.15) is 12.8 Å². The Balaban J connectivity index is 2.53. The molecular weight excluding hydrogens is 236 g/mol. The highest BCUT2D eigenvalue weighted by molar-refractivity contribution is 7.95. The van der Waals surface area contributed by atoms with Crippen molar-refractivity contribution < 1.29 is 13.2 Å². The number of ether oxygens (including phenoxy) is 1. The smallest absolute Gasteiger partial charge is 0.209 e. The molecule has 1 aromatic rings. The van der Waals surface area contributed by atoms with Crippen molar-refractivity contribution in [2.24, 2.45) is 0 Å². The van der Waals surface area contributed by atoms with Gasteiger partial charge in [-0.05, 0) is 24.6 Å². The van der Waals surface area contributed by atoms with Crippen LogP contribution in [0.2, 0.25) is 0 Å². The lowest BCUT2D eigenvalue weighted by Gasteiger charge is -2.15. The van der Waals surface area contributed by atoms with Gasteiger partial charge in [0.25, 0.3) is 0 Å². The molecule has 0 heterocycles. The van der Waals surface area contributed by atoms with Gasteiger partial charge in [0, 0.05) is 6.42 Å². The Morgan fingerprint density at radius 2 is 1.88 bits per heavy atom. The summed E-state index contributed by atoms with van der Waals surface area (Å²) in [5, 5.41) is 0. The molecule has 0 spiro atoms. The number of hydrogen-bond donors (Lipinski definition) is 0. The zero-order chi connectivity index (χ0) is 12.3. The van der Waals surface area contributed by atoms with Gasteiger partial charge < -0.3 is 4.74 Å². The predicted octanol–water partition coefficient (Wildman–Crippen LogP) is 2.67. The first-order valence-electron chi connectivity index (χ1n) is 5.40. The van der Waals surface area contributed by atoms with Crippen LogP contribution in [0.3, 0.4) is 0 Å². The first kappa shape index (κ1) is 11.9. The average Bonchev–Trinajstić information content (AvgIpc) is 2.39. The van der Waals surface area contributed by atoms with Crippen LogP contribution < -0.4 is 0 Å². The number of hydrogen-bond acceptors (Lipinski definition) is 3. The van der Waals surface area contributed by atoms with Crippen molar-refractivity contribution in [2.75, 3.05) is 7.11 Å². The normalized spacial score (nSPS) is 16.1. The van der Waals surface area contributed by atoms with Crippen molar-refractivity contribution >= 4 is 9.84 Å². The fraction of sp³-hybridized carbons (Fsp3) is 0.231. The third-order valence-electron chi connectivity index (χ3n) is 2.67. The van der Waals surface area contributed by atoms with E-state index in [0.29, 0.717) is 17.1 Å². The molecule has 1 aliphatic carbocycles. The van der Waals surface area contributed by atoms with Crippen LogP contribution in [0, 0.1) is 0 Å². The van der Waals surface area contributed by atoms with Gasteiger partial charge in [-0.2, -0.15) is 0 Å². The van der Waals surface area contributed by atoms with Gasteiger partial charge in [-0.25, -0.2) is 8.42 Å². The Labute approximate surface area is 101 Å². The molecule has 0 saturated carbocycles. The van der Waals surface area contributed by atoms with E-state index in [9.17, 15) is 8.42 Å². The molecule has 1 aromatic carbocycles. The van der Waals surface area contributed by atoms with Crippen molar-refractivity contribution in [3.63, 3.8) is 0 Å². The Hall–Kier alpha value is -1.55. The number of methoxy groups -OCH3 is 1. The minimum atomic E-state index is -3.46. The lowest BCUT2D eigenvalue weighted by atomic mass is 10.2. The Morgan fingerprint density at radius 3 is 2.53 bits per heavy atom. The molecule has 0 bridgehead atoms. The molecule has 0 N–H and O–H groups in total. The predicted molar refractivity (Wildman–Crippen MR) is 66.0 cm³/mol. The fourth-order valence-corrected chi connectivity index (χ4v) is 3.32. The summed E-state index contributed by atoms with van der Waals surface area (Å²) in [6.45, 7) is 0. The summed E-state index contributed by atoms with van der Waals surface area (Å²) >= 11 is 0. The zero-order valence-electron chi connectivity index (χ0n) is 9.59. The molecule has 2 rings (SSSR count). The van der Waals surface area contributed by atoms with E-state index in [1.54, 1.807) is 36.4 Å². The van der Waals surface area contributed by atoms with Gasteiger partial charge in [0.15, 0.2) is 0 Å². The Bertz CT molecular complexity index is 554. The van der Waals surface area contributed by atoms with Gasteiger partial charge >= 0.3 is 0 Å². The van der Waals surface area contributed by atoms with Crippen LogP contribution in [-0.2, 0) is 14.6 Å². The van der Waals surface area contributed by atoms with Crippen molar-refractivity contribution in [2.45, 2.75) is 17.7 Å². The molecule has 4 heteroatoms. The third kappa shape index (κ3) is 2.26. The highest BCUT2D eigenvalue weighted by atomic mass is 32.2. The molecule has 1 aliphatic rings. The van der Waals surface area contributed by atoms with Gasteiger partial charge in [-0.3, -0.25) is 0 Å². The molecule has 0 amide bonds. The van der Waals surface area contributed by atoms with Crippen molar-refractivity contribution in [3.8, 4) is 0 Å². The molecule has 0 unspecified atom stereocenters. The largest absolute Gasteiger partial charge is 0.500 e. The minimum absolute atomic E-state index is 0.275. The molecule has 0 fully saturated rings.